The Labute approximate surface area is 137 Å². The van der Waals surface area contributed by atoms with Gasteiger partial charge in [-0.05, 0) is 12.1 Å². The minimum absolute atomic E-state index is 0.456. The molecule has 5 heteroatoms. The summed E-state index contributed by atoms with van der Waals surface area (Å²) < 4.78 is 11.1. The molecule has 2 fully saturated rings. The van der Waals surface area contributed by atoms with Gasteiger partial charge in [-0.2, -0.15) is 0 Å². The molecule has 4 nitrogen and oxygen atoms in total. The second-order valence-electron chi connectivity index (χ2n) is 5.85. The van der Waals surface area contributed by atoms with E-state index in [0.29, 0.717) is 11.4 Å². The number of thioether (sulfide) groups is 1. The molecule has 0 radical (unpaired) electrons. The SMILES string of the molecule is CC(Sc1ccccc1)C(N1CCOCC1)N1CCOCC1. The van der Waals surface area contributed by atoms with Crippen molar-refractivity contribution in [3.8, 4) is 0 Å². The number of hydrogen-bond donors (Lipinski definition) is 0. The first-order valence-corrected chi connectivity index (χ1v) is 9.08. The van der Waals surface area contributed by atoms with Crippen molar-refractivity contribution in [1.82, 2.24) is 9.80 Å². The first kappa shape index (κ1) is 16.3. The molecule has 0 amide bonds. The van der Waals surface area contributed by atoms with Gasteiger partial charge >= 0.3 is 0 Å². The van der Waals surface area contributed by atoms with Gasteiger partial charge in [-0.3, -0.25) is 9.80 Å². The monoisotopic (exact) mass is 322 g/mol. The second kappa shape index (κ2) is 8.31. The maximum atomic E-state index is 5.54. The van der Waals surface area contributed by atoms with Crippen molar-refractivity contribution in [2.45, 2.75) is 23.2 Å². The van der Waals surface area contributed by atoms with Crippen LogP contribution in [0, 0.1) is 0 Å². The fraction of sp³-hybridized carbons (Fsp3) is 0.647. The average molecular weight is 322 g/mol. The van der Waals surface area contributed by atoms with Gasteiger partial charge in [-0.25, -0.2) is 0 Å². The van der Waals surface area contributed by atoms with Crippen molar-refractivity contribution in [3.63, 3.8) is 0 Å². The smallest absolute Gasteiger partial charge is 0.0748 e. The molecule has 0 spiro atoms. The average Bonchev–Trinajstić information content (AvgIpc) is 2.58. The lowest BCUT2D eigenvalue weighted by Crippen LogP contribution is -2.58. The molecule has 2 aliphatic heterocycles. The lowest BCUT2D eigenvalue weighted by molar-refractivity contribution is -0.0647. The molecule has 2 saturated heterocycles. The topological polar surface area (TPSA) is 24.9 Å². The first-order chi connectivity index (χ1) is 10.8. The summed E-state index contributed by atoms with van der Waals surface area (Å²) in [7, 11) is 0. The molecule has 1 aromatic rings. The normalized spacial score (nSPS) is 22.8. The Morgan fingerprint density at radius 3 is 1.86 bits per heavy atom. The van der Waals surface area contributed by atoms with Crippen LogP contribution in [0.3, 0.4) is 0 Å². The van der Waals surface area contributed by atoms with Crippen LogP contribution < -0.4 is 0 Å². The molecule has 2 aliphatic rings. The molecule has 0 aromatic heterocycles. The minimum atomic E-state index is 0.456. The molecule has 2 heterocycles. The van der Waals surface area contributed by atoms with Crippen LogP contribution in [-0.4, -0.2) is 73.8 Å². The molecule has 0 N–H and O–H groups in total. The maximum absolute atomic E-state index is 5.54. The van der Waals surface area contributed by atoms with Crippen LogP contribution in [0.15, 0.2) is 35.2 Å². The Bertz CT molecular complexity index is 416. The van der Waals surface area contributed by atoms with E-state index in [1.165, 1.54) is 4.90 Å². The Hall–Kier alpha value is -0.590. The van der Waals surface area contributed by atoms with Crippen molar-refractivity contribution in [1.29, 1.82) is 0 Å². The zero-order chi connectivity index (χ0) is 15.2. The Morgan fingerprint density at radius 1 is 0.864 bits per heavy atom. The highest BCUT2D eigenvalue weighted by atomic mass is 32.2. The maximum Gasteiger partial charge on any atom is 0.0748 e. The highest BCUT2D eigenvalue weighted by Crippen LogP contribution is 2.29. The van der Waals surface area contributed by atoms with E-state index >= 15 is 0 Å². The molecule has 22 heavy (non-hydrogen) atoms. The third kappa shape index (κ3) is 4.24. The molecule has 122 valence electrons. The number of rotatable bonds is 5. The Morgan fingerprint density at radius 2 is 1.36 bits per heavy atom. The van der Waals surface area contributed by atoms with Crippen LogP contribution in [0.4, 0.5) is 0 Å². The molecule has 1 atom stereocenters. The van der Waals surface area contributed by atoms with Crippen LogP contribution in [0.5, 0.6) is 0 Å². The number of ether oxygens (including phenoxy) is 2. The van der Waals surface area contributed by atoms with Gasteiger partial charge in [0.15, 0.2) is 0 Å². The first-order valence-electron chi connectivity index (χ1n) is 8.20. The van der Waals surface area contributed by atoms with E-state index in [1.807, 2.05) is 11.8 Å². The fourth-order valence-corrected chi connectivity index (χ4v) is 4.49. The van der Waals surface area contributed by atoms with Gasteiger partial charge in [0.25, 0.3) is 0 Å². The lowest BCUT2D eigenvalue weighted by atomic mass is 10.2. The largest absolute Gasteiger partial charge is 0.379 e. The summed E-state index contributed by atoms with van der Waals surface area (Å²) in [5, 5.41) is 0.513. The zero-order valence-corrected chi connectivity index (χ0v) is 14.1. The fourth-order valence-electron chi connectivity index (χ4n) is 3.28. The van der Waals surface area contributed by atoms with Crippen LogP contribution >= 0.6 is 11.8 Å². The molecule has 0 bridgehead atoms. The predicted molar refractivity (Wildman–Crippen MR) is 90.3 cm³/mol. The Kier molecular flexibility index (Phi) is 6.15. The Balaban J connectivity index is 1.71. The summed E-state index contributed by atoms with van der Waals surface area (Å²) in [6, 6.07) is 10.7. The van der Waals surface area contributed by atoms with E-state index in [1.54, 1.807) is 0 Å². The zero-order valence-electron chi connectivity index (χ0n) is 13.3. The van der Waals surface area contributed by atoms with E-state index < -0.39 is 0 Å². The van der Waals surface area contributed by atoms with Crippen LogP contribution in [0.2, 0.25) is 0 Å². The summed E-state index contributed by atoms with van der Waals surface area (Å²) in [4.78, 5) is 6.53. The number of morpholine rings is 2. The third-order valence-electron chi connectivity index (χ3n) is 4.32. The van der Waals surface area contributed by atoms with Gasteiger partial charge in [0.1, 0.15) is 0 Å². The number of benzene rings is 1. The minimum Gasteiger partial charge on any atom is -0.379 e. The van der Waals surface area contributed by atoms with Gasteiger partial charge in [-0.15, -0.1) is 11.8 Å². The highest BCUT2D eigenvalue weighted by Gasteiger charge is 2.32. The van der Waals surface area contributed by atoms with E-state index in [9.17, 15) is 0 Å². The van der Waals surface area contributed by atoms with Crippen molar-refractivity contribution in [2.24, 2.45) is 0 Å². The molecule has 3 rings (SSSR count). The molecule has 1 unspecified atom stereocenters. The van der Waals surface area contributed by atoms with Crippen molar-refractivity contribution < 1.29 is 9.47 Å². The van der Waals surface area contributed by atoms with Crippen molar-refractivity contribution >= 4 is 11.8 Å². The molecular weight excluding hydrogens is 296 g/mol. The quantitative estimate of drug-likeness (QED) is 0.774. The molecular formula is C17H26N2O2S. The third-order valence-corrected chi connectivity index (χ3v) is 5.48. The molecule has 0 aliphatic carbocycles. The predicted octanol–water partition coefficient (Wildman–Crippen LogP) is 2.16. The summed E-state index contributed by atoms with van der Waals surface area (Å²) >= 11 is 1.97. The van der Waals surface area contributed by atoms with E-state index in [2.05, 4.69) is 47.1 Å². The van der Waals surface area contributed by atoms with Gasteiger partial charge < -0.3 is 9.47 Å². The van der Waals surface area contributed by atoms with E-state index in [4.69, 9.17) is 9.47 Å². The van der Waals surface area contributed by atoms with Gasteiger partial charge in [0, 0.05) is 36.3 Å². The lowest BCUT2D eigenvalue weighted by Gasteiger charge is -2.45. The van der Waals surface area contributed by atoms with Gasteiger partial charge in [-0.1, -0.05) is 25.1 Å². The second-order valence-corrected chi connectivity index (χ2v) is 7.30. The summed E-state index contributed by atoms with van der Waals surface area (Å²) in [5.41, 5.74) is 0. The van der Waals surface area contributed by atoms with Crippen LogP contribution in [-0.2, 0) is 9.47 Å². The standard InChI is InChI=1S/C17H26N2O2S/c1-15(22-16-5-3-2-4-6-16)17(18-7-11-20-12-8-18)19-9-13-21-14-10-19/h2-6,15,17H,7-14H2,1H3. The summed E-state index contributed by atoms with van der Waals surface area (Å²) in [6.07, 6.45) is 0.456. The number of hydrogen-bond acceptors (Lipinski definition) is 5. The van der Waals surface area contributed by atoms with Crippen LogP contribution in [0.1, 0.15) is 6.92 Å². The summed E-state index contributed by atoms with van der Waals surface area (Å²) in [5.74, 6) is 0. The van der Waals surface area contributed by atoms with Crippen molar-refractivity contribution in [3.05, 3.63) is 30.3 Å². The van der Waals surface area contributed by atoms with Crippen LogP contribution in [0.25, 0.3) is 0 Å². The highest BCUT2D eigenvalue weighted by molar-refractivity contribution is 8.00. The summed E-state index contributed by atoms with van der Waals surface area (Å²) in [6.45, 7) is 9.88. The van der Waals surface area contributed by atoms with E-state index in [-0.39, 0.29) is 0 Å². The van der Waals surface area contributed by atoms with Gasteiger partial charge in [0.2, 0.25) is 0 Å². The molecule has 1 aromatic carbocycles. The van der Waals surface area contributed by atoms with Crippen molar-refractivity contribution in [2.75, 3.05) is 52.6 Å². The molecule has 0 saturated carbocycles. The van der Waals surface area contributed by atoms with E-state index in [0.717, 1.165) is 52.6 Å². The van der Waals surface area contributed by atoms with Gasteiger partial charge in [0.05, 0.1) is 32.6 Å². The number of nitrogens with zero attached hydrogens (tertiary/aromatic N) is 2.